The second-order valence-electron chi connectivity index (χ2n) is 6.37. The Morgan fingerprint density at radius 1 is 1.17 bits per heavy atom. The average Bonchev–Trinajstić information content (AvgIpc) is 3.19. The van der Waals surface area contributed by atoms with Crippen molar-refractivity contribution in [1.82, 2.24) is 9.97 Å². The summed E-state index contributed by atoms with van der Waals surface area (Å²) in [5, 5.41) is 17.5. The molecule has 146 valence electrons. The van der Waals surface area contributed by atoms with Gasteiger partial charge in [0.15, 0.2) is 5.75 Å². The van der Waals surface area contributed by atoms with Gasteiger partial charge in [0, 0.05) is 22.7 Å². The summed E-state index contributed by atoms with van der Waals surface area (Å²) in [7, 11) is 1.41. The maximum Gasteiger partial charge on any atom is 0.312 e. The molecule has 7 nitrogen and oxygen atoms in total. The van der Waals surface area contributed by atoms with E-state index in [9.17, 15) is 10.1 Å². The molecule has 2 heterocycles. The van der Waals surface area contributed by atoms with Crippen molar-refractivity contribution in [1.29, 1.82) is 0 Å². The summed E-state index contributed by atoms with van der Waals surface area (Å²) in [4.78, 5) is 20.5. The summed E-state index contributed by atoms with van der Waals surface area (Å²) in [5.41, 5.74) is 3.82. The lowest BCUT2D eigenvalue weighted by atomic mass is 10.0. The first kappa shape index (κ1) is 18.8. The van der Waals surface area contributed by atoms with Crippen molar-refractivity contribution in [3.63, 3.8) is 0 Å². The maximum atomic E-state index is 11.3. The average molecular weight is 406 g/mol. The minimum absolute atomic E-state index is 0.108. The first-order valence-corrected chi connectivity index (χ1v) is 9.89. The number of nitrogens with zero attached hydrogens (tertiary/aromatic N) is 3. The SMILES string of the molecule is CCc1ccc(-c2csc3ncnc(Nc4ccc(OC)c([N+](=O)[O-])c4)c23)cc1. The number of methoxy groups -OCH3 is 1. The third kappa shape index (κ3) is 3.62. The van der Waals surface area contributed by atoms with Crippen LogP contribution in [0, 0.1) is 10.1 Å². The molecule has 0 unspecified atom stereocenters. The first-order chi connectivity index (χ1) is 14.1. The Kier molecular flexibility index (Phi) is 5.09. The molecule has 0 atom stereocenters. The number of thiophene rings is 1. The fourth-order valence-electron chi connectivity index (χ4n) is 3.15. The summed E-state index contributed by atoms with van der Waals surface area (Å²) >= 11 is 1.54. The zero-order valence-electron chi connectivity index (χ0n) is 15.9. The Bertz CT molecular complexity index is 1190. The van der Waals surface area contributed by atoms with Crippen LogP contribution in [-0.4, -0.2) is 22.0 Å². The van der Waals surface area contributed by atoms with E-state index in [2.05, 4.69) is 51.9 Å². The number of rotatable bonds is 6. The first-order valence-electron chi connectivity index (χ1n) is 9.01. The molecule has 4 aromatic rings. The Labute approximate surface area is 171 Å². The van der Waals surface area contributed by atoms with Gasteiger partial charge in [0.1, 0.15) is 17.0 Å². The number of nitro benzene ring substituents is 1. The van der Waals surface area contributed by atoms with E-state index in [1.165, 1.54) is 36.4 Å². The van der Waals surface area contributed by atoms with E-state index in [4.69, 9.17) is 4.74 Å². The maximum absolute atomic E-state index is 11.3. The second-order valence-corrected chi connectivity index (χ2v) is 7.23. The van der Waals surface area contributed by atoms with Gasteiger partial charge in [-0.3, -0.25) is 10.1 Å². The van der Waals surface area contributed by atoms with Gasteiger partial charge in [-0.05, 0) is 29.7 Å². The van der Waals surface area contributed by atoms with Crippen molar-refractivity contribution in [2.75, 3.05) is 12.4 Å². The molecule has 0 radical (unpaired) electrons. The van der Waals surface area contributed by atoms with E-state index in [0.29, 0.717) is 11.5 Å². The van der Waals surface area contributed by atoms with Gasteiger partial charge in [-0.2, -0.15) is 0 Å². The molecule has 2 aromatic carbocycles. The highest BCUT2D eigenvalue weighted by Crippen LogP contribution is 2.38. The van der Waals surface area contributed by atoms with Crippen LogP contribution >= 0.6 is 11.3 Å². The van der Waals surface area contributed by atoms with Crippen LogP contribution in [0.2, 0.25) is 0 Å². The van der Waals surface area contributed by atoms with E-state index in [1.54, 1.807) is 12.1 Å². The lowest BCUT2D eigenvalue weighted by Gasteiger charge is -2.10. The molecule has 8 heteroatoms. The predicted molar refractivity (Wildman–Crippen MR) is 115 cm³/mol. The molecule has 0 amide bonds. The fraction of sp³-hybridized carbons (Fsp3) is 0.143. The van der Waals surface area contributed by atoms with Crippen molar-refractivity contribution in [3.05, 3.63) is 69.8 Å². The topological polar surface area (TPSA) is 90.2 Å². The molecule has 0 fully saturated rings. The molecule has 4 rings (SSSR count). The summed E-state index contributed by atoms with van der Waals surface area (Å²) < 4.78 is 5.07. The monoisotopic (exact) mass is 406 g/mol. The minimum atomic E-state index is -0.467. The molecule has 1 N–H and O–H groups in total. The van der Waals surface area contributed by atoms with E-state index < -0.39 is 4.92 Å². The van der Waals surface area contributed by atoms with Crippen LogP contribution in [0.5, 0.6) is 5.75 Å². The second kappa shape index (κ2) is 7.84. The number of nitrogens with one attached hydrogen (secondary N) is 1. The van der Waals surface area contributed by atoms with Gasteiger partial charge >= 0.3 is 5.69 Å². The number of fused-ring (bicyclic) bond motifs is 1. The summed E-state index contributed by atoms with van der Waals surface area (Å²) in [6, 6.07) is 13.1. The van der Waals surface area contributed by atoms with Crippen molar-refractivity contribution in [2.24, 2.45) is 0 Å². The number of benzene rings is 2. The number of ether oxygens (including phenoxy) is 1. The van der Waals surface area contributed by atoms with Gasteiger partial charge in [0.25, 0.3) is 0 Å². The van der Waals surface area contributed by atoms with Crippen LogP contribution in [-0.2, 0) is 6.42 Å². The Balaban J connectivity index is 1.78. The molecule has 0 aliphatic carbocycles. The third-order valence-electron chi connectivity index (χ3n) is 4.68. The van der Waals surface area contributed by atoms with Crippen molar-refractivity contribution in [3.8, 4) is 16.9 Å². The highest BCUT2D eigenvalue weighted by molar-refractivity contribution is 7.17. The van der Waals surface area contributed by atoms with Gasteiger partial charge in [-0.15, -0.1) is 11.3 Å². The van der Waals surface area contributed by atoms with Gasteiger partial charge in [0.2, 0.25) is 0 Å². The molecule has 2 aromatic heterocycles. The lowest BCUT2D eigenvalue weighted by molar-refractivity contribution is -0.385. The van der Waals surface area contributed by atoms with Crippen molar-refractivity contribution in [2.45, 2.75) is 13.3 Å². The zero-order chi connectivity index (χ0) is 20.4. The molecular formula is C21H18N4O3S. The molecule has 0 saturated carbocycles. The molecular weight excluding hydrogens is 388 g/mol. The predicted octanol–water partition coefficient (Wildman–Crippen LogP) is 5.58. The molecule has 0 spiro atoms. The molecule has 0 aliphatic rings. The van der Waals surface area contributed by atoms with Gasteiger partial charge in [-0.25, -0.2) is 9.97 Å². The molecule has 29 heavy (non-hydrogen) atoms. The molecule has 0 bridgehead atoms. The zero-order valence-corrected chi connectivity index (χ0v) is 16.7. The third-order valence-corrected chi connectivity index (χ3v) is 5.57. The smallest absolute Gasteiger partial charge is 0.312 e. The Morgan fingerprint density at radius 3 is 2.66 bits per heavy atom. The standard InChI is InChI=1S/C21H18N4O3S/c1-3-13-4-6-14(7-5-13)16-11-29-21-19(16)20(22-12-23-21)24-15-8-9-18(28-2)17(10-15)25(26)27/h4-12H,3H2,1-2H3,(H,22,23,24). The van der Waals surface area contributed by atoms with E-state index in [1.807, 2.05) is 0 Å². The summed E-state index contributed by atoms with van der Waals surface area (Å²) in [6.07, 6.45) is 2.47. The number of hydrogen-bond acceptors (Lipinski definition) is 7. The normalized spacial score (nSPS) is 10.8. The van der Waals surface area contributed by atoms with Crippen LogP contribution < -0.4 is 10.1 Å². The van der Waals surface area contributed by atoms with Crippen LogP contribution in [0.15, 0.2) is 54.2 Å². The van der Waals surface area contributed by atoms with Crippen LogP contribution in [0.25, 0.3) is 21.3 Å². The van der Waals surface area contributed by atoms with Crippen LogP contribution in [0.4, 0.5) is 17.2 Å². The van der Waals surface area contributed by atoms with Gasteiger partial charge in [-0.1, -0.05) is 31.2 Å². The quantitative estimate of drug-likeness (QED) is 0.332. The number of aryl methyl sites for hydroxylation is 1. The number of anilines is 2. The van der Waals surface area contributed by atoms with Crippen LogP contribution in [0.1, 0.15) is 12.5 Å². The van der Waals surface area contributed by atoms with E-state index >= 15 is 0 Å². The summed E-state index contributed by atoms with van der Waals surface area (Å²) in [6.45, 7) is 2.12. The van der Waals surface area contributed by atoms with Crippen LogP contribution in [0.3, 0.4) is 0 Å². The fourth-order valence-corrected chi connectivity index (χ4v) is 4.07. The number of hydrogen-bond donors (Lipinski definition) is 1. The van der Waals surface area contributed by atoms with Crippen molar-refractivity contribution >= 4 is 38.7 Å². The highest BCUT2D eigenvalue weighted by atomic mass is 32.1. The molecule has 0 aliphatic heterocycles. The van der Waals surface area contributed by atoms with Crippen molar-refractivity contribution < 1.29 is 9.66 Å². The van der Waals surface area contributed by atoms with E-state index in [-0.39, 0.29) is 11.4 Å². The highest BCUT2D eigenvalue weighted by Gasteiger charge is 2.17. The number of nitro groups is 1. The molecule has 0 saturated heterocycles. The minimum Gasteiger partial charge on any atom is -0.490 e. The van der Waals surface area contributed by atoms with Gasteiger partial charge < -0.3 is 10.1 Å². The largest absolute Gasteiger partial charge is 0.490 e. The Morgan fingerprint density at radius 2 is 1.97 bits per heavy atom. The number of aromatic nitrogens is 2. The Hall–Kier alpha value is -3.52. The summed E-state index contributed by atoms with van der Waals surface area (Å²) in [5.74, 6) is 0.811. The lowest BCUT2D eigenvalue weighted by Crippen LogP contribution is -1.98. The van der Waals surface area contributed by atoms with E-state index in [0.717, 1.165) is 27.8 Å². The van der Waals surface area contributed by atoms with Gasteiger partial charge in [0.05, 0.1) is 17.4 Å².